The molecule has 1 aliphatic heterocycles. The molecular formula is C14H25N. The van der Waals surface area contributed by atoms with Gasteiger partial charge in [-0.3, -0.25) is 0 Å². The molecule has 1 unspecified atom stereocenters. The minimum atomic E-state index is 0.416. The molecule has 1 aliphatic carbocycles. The van der Waals surface area contributed by atoms with Crippen LogP contribution >= 0.6 is 0 Å². The van der Waals surface area contributed by atoms with Crippen LogP contribution in [0.3, 0.4) is 0 Å². The fourth-order valence-corrected chi connectivity index (χ4v) is 3.33. The highest BCUT2D eigenvalue weighted by molar-refractivity contribution is 5.23. The number of hydrogen-bond acceptors (Lipinski definition) is 1. The van der Waals surface area contributed by atoms with Gasteiger partial charge in [-0.15, -0.1) is 0 Å². The second-order valence-electron chi connectivity index (χ2n) is 5.19. The van der Waals surface area contributed by atoms with Crippen molar-refractivity contribution in [3.8, 4) is 0 Å². The zero-order valence-corrected chi connectivity index (χ0v) is 10.1. The van der Waals surface area contributed by atoms with E-state index in [1.165, 1.54) is 64.3 Å². The summed E-state index contributed by atoms with van der Waals surface area (Å²) in [5, 5.41) is 3.80. The summed E-state index contributed by atoms with van der Waals surface area (Å²) in [6, 6.07) is 0. The maximum Gasteiger partial charge on any atom is 0.0394 e. The molecule has 0 amide bonds. The zero-order valence-electron chi connectivity index (χ0n) is 10.1. The second kappa shape index (κ2) is 5.16. The third kappa shape index (κ3) is 2.44. The summed E-state index contributed by atoms with van der Waals surface area (Å²) in [5.41, 5.74) is 2.17. The van der Waals surface area contributed by atoms with Crippen LogP contribution in [0.4, 0.5) is 0 Å². The molecular weight excluding hydrogens is 182 g/mol. The lowest BCUT2D eigenvalue weighted by molar-refractivity contribution is 0.392. The lowest BCUT2D eigenvalue weighted by Gasteiger charge is -2.32. The maximum atomic E-state index is 3.80. The topological polar surface area (TPSA) is 12.0 Å². The molecule has 0 aromatic rings. The normalized spacial score (nSPS) is 32.5. The highest BCUT2D eigenvalue weighted by Gasteiger charge is 2.35. The summed E-state index contributed by atoms with van der Waals surface area (Å²) < 4.78 is 0. The van der Waals surface area contributed by atoms with Crippen LogP contribution in [0.5, 0.6) is 0 Å². The van der Waals surface area contributed by atoms with E-state index in [0.717, 1.165) is 0 Å². The monoisotopic (exact) mass is 207 g/mol. The second-order valence-corrected chi connectivity index (χ2v) is 5.19. The third-order valence-electron chi connectivity index (χ3n) is 4.08. The van der Waals surface area contributed by atoms with E-state index in [2.05, 4.69) is 18.3 Å². The summed E-state index contributed by atoms with van der Waals surface area (Å²) in [5.74, 6) is 0. The van der Waals surface area contributed by atoms with E-state index in [4.69, 9.17) is 0 Å². The van der Waals surface area contributed by atoms with Crippen LogP contribution in [0.2, 0.25) is 0 Å². The van der Waals surface area contributed by atoms with Crippen molar-refractivity contribution in [2.45, 2.75) is 70.3 Å². The molecule has 1 nitrogen and oxygen atoms in total. The lowest BCUT2D eigenvalue weighted by Crippen LogP contribution is -2.41. The van der Waals surface area contributed by atoms with Gasteiger partial charge in [0.1, 0.15) is 0 Å². The Morgan fingerprint density at radius 3 is 2.93 bits per heavy atom. The Labute approximate surface area is 94.3 Å². The Hall–Kier alpha value is -0.300. The van der Waals surface area contributed by atoms with Gasteiger partial charge in [0, 0.05) is 5.54 Å². The van der Waals surface area contributed by atoms with Gasteiger partial charge in [-0.05, 0) is 51.5 Å². The fraction of sp³-hybridized carbons (Fsp3) is 0.857. The molecule has 0 aromatic carbocycles. The Morgan fingerprint density at radius 1 is 1.27 bits per heavy atom. The van der Waals surface area contributed by atoms with Crippen LogP contribution in [0.25, 0.3) is 0 Å². The number of rotatable bonds is 3. The minimum absolute atomic E-state index is 0.416. The Bertz CT molecular complexity index is 223. The predicted octanol–water partition coefficient (Wildman–Crippen LogP) is 3.80. The molecule has 0 aromatic heterocycles. The van der Waals surface area contributed by atoms with Crippen LogP contribution < -0.4 is 5.32 Å². The van der Waals surface area contributed by atoms with E-state index >= 15 is 0 Å². The molecule has 1 atom stereocenters. The first-order chi connectivity index (χ1) is 7.37. The number of nitrogens with one attached hydrogen (secondary N) is 1. The first-order valence-corrected chi connectivity index (χ1v) is 6.82. The van der Waals surface area contributed by atoms with Crippen molar-refractivity contribution in [1.29, 1.82) is 0 Å². The van der Waals surface area contributed by atoms with E-state index in [-0.39, 0.29) is 0 Å². The third-order valence-corrected chi connectivity index (χ3v) is 4.08. The van der Waals surface area contributed by atoms with Gasteiger partial charge in [0.2, 0.25) is 0 Å². The zero-order chi connectivity index (χ0) is 10.6. The molecule has 1 heteroatoms. The van der Waals surface area contributed by atoms with Crippen molar-refractivity contribution in [2.24, 2.45) is 0 Å². The first kappa shape index (κ1) is 11.2. The Morgan fingerprint density at radius 2 is 2.20 bits per heavy atom. The standard InChI is InChI=1S/C14H25N/c1-2-10-14(11-7-12-15-14)13-8-5-3-4-6-9-13/h8,15H,2-7,9-12H2,1H3. The summed E-state index contributed by atoms with van der Waals surface area (Å²) in [4.78, 5) is 0. The maximum absolute atomic E-state index is 3.80. The average molecular weight is 207 g/mol. The Balaban J connectivity index is 2.11. The first-order valence-electron chi connectivity index (χ1n) is 6.82. The molecule has 2 aliphatic rings. The van der Waals surface area contributed by atoms with Crippen molar-refractivity contribution in [3.05, 3.63) is 11.6 Å². The van der Waals surface area contributed by atoms with Crippen molar-refractivity contribution < 1.29 is 0 Å². The van der Waals surface area contributed by atoms with Crippen molar-refractivity contribution in [3.63, 3.8) is 0 Å². The molecule has 1 N–H and O–H groups in total. The molecule has 0 bridgehead atoms. The van der Waals surface area contributed by atoms with Crippen LogP contribution in [-0.2, 0) is 0 Å². The van der Waals surface area contributed by atoms with Gasteiger partial charge < -0.3 is 5.32 Å². The van der Waals surface area contributed by atoms with Gasteiger partial charge in [0.25, 0.3) is 0 Å². The SMILES string of the molecule is CCCC1(C2=CCCCCC2)CCCN1. The molecule has 15 heavy (non-hydrogen) atoms. The average Bonchev–Trinajstić information content (AvgIpc) is 2.54. The summed E-state index contributed by atoms with van der Waals surface area (Å²) in [7, 11) is 0. The molecule has 0 spiro atoms. The van der Waals surface area contributed by atoms with Crippen LogP contribution in [0, 0.1) is 0 Å². The van der Waals surface area contributed by atoms with Crippen LogP contribution in [0.15, 0.2) is 11.6 Å². The number of hydrogen-bond donors (Lipinski definition) is 1. The molecule has 0 radical (unpaired) electrons. The van der Waals surface area contributed by atoms with Crippen LogP contribution in [0.1, 0.15) is 64.7 Å². The number of allylic oxidation sites excluding steroid dienone is 1. The van der Waals surface area contributed by atoms with Crippen LogP contribution in [-0.4, -0.2) is 12.1 Å². The fourth-order valence-electron chi connectivity index (χ4n) is 3.33. The van der Waals surface area contributed by atoms with Gasteiger partial charge in [-0.1, -0.05) is 31.4 Å². The van der Waals surface area contributed by atoms with E-state index in [0.29, 0.717) is 5.54 Å². The van der Waals surface area contributed by atoms with E-state index in [9.17, 15) is 0 Å². The van der Waals surface area contributed by atoms with Crippen molar-refractivity contribution in [1.82, 2.24) is 5.32 Å². The van der Waals surface area contributed by atoms with Crippen molar-refractivity contribution in [2.75, 3.05) is 6.54 Å². The molecule has 86 valence electrons. The van der Waals surface area contributed by atoms with Gasteiger partial charge in [0.15, 0.2) is 0 Å². The molecule has 0 saturated carbocycles. The highest BCUT2D eigenvalue weighted by Crippen LogP contribution is 2.36. The minimum Gasteiger partial charge on any atom is -0.308 e. The summed E-state index contributed by atoms with van der Waals surface area (Å²) in [6.07, 6.45) is 14.9. The van der Waals surface area contributed by atoms with Crippen molar-refractivity contribution >= 4 is 0 Å². The smallest absolute Gasteiger partial charge is 0.0394 e. The largest absolute Gasteiger partial charge is 0.308 e. The lowest BCUT2D eigenvalue weighted by atomic mass is 9.81. The van der Waals surface area contributed by atoms with Gasteiger partial charge in [-0.2, -0.15) is 0 Å². The van der Waals surface area contributed by atoms with Gasteiger partial charge >= 0.3 is 0 Å². The van der Waals surface area contributed by atoms with E-state index in [1.54, 1.807) is 5.57 Å². The van der Waals surface area contributed by atoms with Gasteiger partial charge in [-0.25, -0.2) is 0 Å². The molecule has 1 heterocycles. The molecule has 1 fully saturated rings. The quantitative estimate of drug-likeness (QED) is 0.694. The summed E-state index contributed by atoms with van der Waals surface area (Å²) >= 11 is 0. The summed E-state index contributed by atoms with van der Waals surface area (Å²) in [6.45, 7) is 3.55. The molecule has 1 saturated heterocycles. The van der Waals surface area contributed by atoms with E-state index in [1.807, 2.05) is 0 Å². The van der Waals surface area contributed by atoms with E-state index < -0.39 is 0 Å². The molecule has 2 rings (SSSR count). The predicted molar refractivity (Wildman–Crippen MR) is 66.0 cm³/mol. The highest BCUT2D eigenvalue weighted by atomic mass is 15.0. The van der Waals surface area contributed by atoms with Gasteiger partial charge in [0.05, 0.1) is 0 Å². The Kier molecular flexibility index (Phi) is 3.85.